The van der Waals surface area contributed by atoms with Gasteiger partial charge in [0.25, 0.3) is 5.91 Å². The minimum atomic E-state index is -0.981. The van der Waals surface area contributed by atoms with Gasteiger partial charge in [-0.15, -0.1) is 0 Å². The van der Waals surface area contributed by atoms with Crippen LogP contribution < -0.4 is 4.90 Å². The van der Waals surface area contributed by atoms with Crippen LogP contribution in [0.2, 0.25) is 5.02 Å². The number of para-hydroxylation sites is 1. The number of aromatic carboxylic acids is 1. The van der Waals surface area contributed by atoms with E-state index in [4.69, 9.17) is 11.6 Å². The number of amides is 1. The van der Waals surface area contributed by atoms with E-state index in [1.165, 1.54) is 0 Å². The second kappa shape index (κ2) is 9.01. The number of nitrogens with zero attached hydrogens (tertiary/aromatic N) is 1. The molecule has 32 heavy (non-hydrogen) atoms. The van der Waals surface area contributed by atoms with E-state index < -0.39 is 5.97 Å². The number of benzene rings is 3. The number of fused-ring (bicyclic) bond motifs is 1. The number of hydrogen-bond acceptors (Lipinski definition) is 2. The first-order valence-electron chi connectivity index (χ1n) is 10.6. The van der Waals surface area contributed by atoms with Gasteiger partial charge in [-0.1, -0.05) is 67.9 Å². The monoisotopic (exact) mass is 445 g/mol. The van der Waals surface area contributed by atoms with Crippen molar-refractivity contribution in [3.63, 3.8) is 0 Å². The van der Waals surface area contributed by atoms with Crippen molar-refractivity contribution in [1.29, 1.82) is 0 Å². The van der Waals surface area contributed by atoms with E-state index in [1.807, 2.05) is 54.6 Å². The maximum absolute atomic E-state index is 13.7. The lowest BCUT2D eigenvalue weighted by Gasteiger charge is -2.19. The zero-order chi connectivity index (χ0) is 22.8. The van der Waals surface area contributed by atoms with E-state index in [0.29, 0.717) is 18.0 Å². The molecule has 0 aliphatic carbocycles. The highest BCUT2D eigenvalue weighted by Crippen LogP contribution is 2.41. The summed E-state index contributed by atoms with van der Waals surface area (Å²) in [5.74, 6) is -0.858. The minimum absolute atomic E-state index is 0.0513. The molecule has 1 amide bonds. The van der Waals surface area contributed by atoms with E-state index in [2.05, 4.69) is 13.8 Å². The summed E-state index contributed by atoms with van der Waals surface area (Å²) in [6, 6.07) is 22.3. The SMILES string of the molecule is CC(C)/C(Cc1ccc(Cl)cc1)=C1\C(=O)N(Cc2cccc(C(=O)O)c2)c2ccccc21. The Morgan fingerprint density at radius 3 is 2.38 bits per heavy atom. The molecule has 0 saturated heterocycles. The Balaban J connectivity index is 1.76. The van der Waals surface area contributed by atoms with Crippen molar-refractivity contribution in [2.24, 2.45) is 5.92 Å². The third-order valence-corrected chi connectivity index (χ3v) is 6.02. The van der Waals surface area contributed by atoms with Crippen LogP contribution in [-0.2, 0) is 17.8 Å². The molecule has 0 radical (unpaired) electrons. The highest BCUT2D eigenvalue weighted by molar-refractivity contribution is 6.33. The van der Waals surface area contributed by atoms with Gasteiger partial charge in [-0.2, -0.15) is 0 Å². The standard InChI is InChI=1S/C27H24ClNO3/c1-17(2)23(15-18-10-12-21(28)13-11-18)25-22-8-3-4-9-24(22)29(26(25)30)16-19-6-5-7-20(14-19)27(31)32/h3-14,17H,15-16H2,1-2H3,(H,31,32)/b25-23-. The van der Waals surface area contributed by atoms with Crippen LogP contribution in [0.1, 0.15) is 40.9 Å². The van der Waals surface area contributed by atoms with Crippen LogP contribution in [0.25, 0.3) is 5.57 Å². The molecular formula is C27H24ClNO3. The number of carboxylic acids is 1. The molecule has 4 nitrogen and oxygen atoms in total. The summed E-state index contributed by atoms with van der Waals surface area (Å²) in [6.07, 6.45) is 0.659. The fourth-order valence-corrected chi connectivity index (χ4v) is 4.26. The Labute approximate surface area is 192 Å². The number of anilines is 1. The van der Waals surface area contributed by atoms with E-state index in [-0.39, 0.29) is 17.4 Å². The van der Waals surface area contributed by atoms with E-state index in [1.54, 1.807) is 23.1 Å². The number of rotatable bonds is 6. The molecule has 0 bridgehead atoms. The molecule has 0 spiro atoms. The Morgan fingerprint density at radius 1 is 0.969 bits per heavy atom. The van der Waals surface area contributed by atoms with Gasteiger partial charge in [-0.3, -0.25) is 4.79 Å². The molecule has 3 aromatic rings. The second-order valence-electron chi connectivity index (χ2n) is 8.27. The van der Waals surface area contributed by atoms with Crippen LogP contribution in [0.5, 0.6) is 0 Å². The number of allylic oxidation sites excluding steroid dienone is 1. The lowest BCUT2D eigenvalue weighted by molar-refractivity contribution is -0.113. The lowest BCUT2D eigenvalue weighted by Crippen LogP contribution is -2.26. The molecule has 3 aromatic carbocycles. The fourth-order valence-electron chi connectivity index (χ4n) is 4.14. The average Bonchev–Trinajstić information content (AvgIpc) is 3.05. The van der Waals surface area contributed by atoms with Crippen LogP contribution in [-0.4, -0.2) is 17.0 Å². The maximum atomic E-state index is 13.7. The van der Waals surface area contributed by atoms with Crippen LogP contribution in [0.3, 0.4) is 0 Å². The summed E-state index contributed by atoms with van der Waals surface area (Å²) in [5.41, 5.74) is 5.67. The Morgan fingerprint density at radius 2 is 1.69 bits per heavy atom. The smallest absolute Gasteiger partial charge is 0.335 e. The van der Waals surface area contributed by atoms with Crippen molar-refractivity contribution in [2.75, 3.05) is 4.90 Å². The van der Waals surface area contributed by atoms with Crippen LogP contribution in [0.15, 0.2) is 78.4 Å². The first-order valence-corrected chi connectivity index (χ1v) is 10.9. The quantitative estimate of drug-likeness (QED) is 0.457. The van der Waals surface area contributed by atoms with Gasteiger partial charge in [0.2, 0.25) is 0 Å². The number of hydrogen-bond donors (Lipinski definition) is 1. The molecular weight excluding hydrogens is 422 g/mol. The predicted octanol–water partition coefficient (Wildman–Crippen LogP) is 6.24. The summed E-state index contributed by atoms with van der Waals surface area (Å²) in [5, 5.41) is 10.0. The third-order valence-electron chi connectivity index (χ3n) is 5.76. The molecule has 0 unspecified atom stereocenters. The number of carboxylic acid groups (broad SMARTS) is 1. The first-order chi connectivity index (χ1) is 15.3. The number of carbonyl (C=O) groups is 2. The van der Waals surface area contributed by atoms with Crippen molar-refractivity contribution in [1.82, 2.24) is 0 Å². The molecule has 0 saturated carbocycles. The number of halogens is 1. The Bertz CT molecular complexity index is 1210. The molecule has 5 heteroatoms. The lowest BCUT2D eigenvalue weighted by atomic mass is 9.88. The van der Waals surface area contributed by atoms with Crippen molar-refractivity contribution in [3.8, 4) is 0 Å². The van der Waals surface area contributed by atoms with E-state index in [9.17, 15) is 14.7 Å². The van der Waals surface area contributed by atoms with Gasteiger partial charge in [0, 0.05) is 16.2 Å². The van der Waals surface area contributed by atoms with Crippen molar-refractivity contribution in [3.05, 3.63) is 106 Å². The molecule has 1 aliphatic rings. The molecule has 1 heterocycles. The summed E-state index contributed by atoms with van der Waals surface area (Å²) in [6.45, 7) is 4.52. The summed E-state index contributed by atoms with van der Waals surface area (Å²) >= 11 is 6.05. The zero-order valence-electron chi connectivity index (χ0n) is 18.0. The Hall–Kier alpha value is -3.37. The van der Waals surface area contributed by atoms with Crippen LogP contribution in [0.4, 0.5) is 5.69 Å². The van der Waals surface area contributed by atoms with Gasteiger partial charge in [-0.05, 0) is 59.4 Å². The van der Waals surface area contributed by atoms with Crippen molar-refractivity contribution >= 4 is 34.7 Å². The molecule has 0 aromatic heterocycles. The van der Waals surface area contributed by atoms with Crippen LogP contribution in [0, 0.1) is 5.92 Å². The Kier molecular flexibility index (Phi) is 6.15. The summed E-state index contributed by atoms with van der Waals surface area (Å²) in [4.78, 5) is 26.8. The summed E-state index contributed by atoms with van der Waals surface area (Å²) in [7, 11) is 0. The van der Waals surface area contributed by atoms with Crippen molar-refractivity contribution < 1.29 is 14.7 Å². The topological polar surface area (TPSA) is 57.6 Å². The zero-order valence-corrected chi connectivity index (χ0v) is 18.8. The molecule has 1 aliphatic heterocycles. The number of carbonyl (C=O) groups excluding carboxylic acids is 1. The first kappa shape index (κ1) is 21.8. The van der Waals surface area contributed by atoms with Gasteiger partial charge in [-0.25, -0.2) is 4.79 Å². The fraction of sp³-hybridized carbons (Fsp3) is 0.185. The average molecular weight is 446 g/mol. The minimum Gasteiger partial charge on any atom is -0.478 e. The van der Waals surface area contributed by atoms with Gasteiger partial charge < -0.3 is 10.0 Å². The normalized spacial score (nSPS) is 14.6. The van der Waals surface area contributed by atoms with Crippen LogP contribution >= 0.6 is 11.6 Å². The van der Waals surface area contributed by atoms with E-state index >= 15 is 0 Å². The highest BCUT2D eigenvalue weighted by Gasteiger charge is 2.34. The second-order valence-corrected chi connectivity index (χ2v) is 8.71. The highest BCUT2D eigenvalue weighted by atomic mass is 35.5. The predicted molar refractivity (Wildman–Crippen MR) is 128 cm³/mol. The van der Waals surface area contributed by atoms with Gasteiger partial charge in [0.15, 0.2) is 0 Å². The van der Waals surface area contributed by atoms with Crippen molar-refractivity contribution in [2.45, 2.75) is 26.8 Å². The third kappa shape index (κ3) is 4.32. The molecule has 1 N–H and O–H groups in total. The summed E-state index contributed by atoms with van der Waals surface area (Å²) < 4.78 is 0. The molecule has 0 fully saturated rings. The van der Waals surface area contributed by atoms with Gasteiger partial charge >= 0.3 is 5.97 Å². The van der Waals surface area contributed by atoms with Gasteiger partial charge in [0.05, 0.1) is 17.8 Å². The van der Waals surface area contributed by atoms with Gasteiger partial charge in [0.1, 0.15) is 0 Å². The molecule has 4 rings (SSSR count). The molecule has 0 atom stereocenters. The maximum Gasteiger partial charge on any atom is 0.335 e. The molecule has 162 valence electrons. The van der Waals surface area contributed by atoms with E-state index in [0.717, 1.165) is 33.5 Å². The largest absolute Gasteiger partial charge is 0.478 e.